The Bertz CT molecular complexity index is 791. The van der Waals surface area contributed by atoms with Crippen molar-refractivity contribution in [2.75, 3.05) is 5.43 Å². The van der Waals surface area contributed by atoms with Crippen LogP contribution in [0.2, 0.25) is 0 Å². The average molecular weight is 362 g/mol. The van der Waals surface area contributed by atoms with Crippen molar-refractivity contribution in [1.82, 2.24) is 4.98 Å². The van der Waals surface area contributed by atoms with Gasteiger partial charge in [0.15, 0.2) is 0 Å². The van der Waals surface area contributed by atoms with Crippen LogP contribution in [-0.2, 0) is 0 Å². The Kier molecular flexibility index (Phi) is 4.87. The Hall–Kier alpha value is -2.89. The largest absolute Gasteiger partial charge is 0.573 e. The van der Waals surface area contributed by atoms with Gasteiger partial charge in [-0.25, -0.2) is 4.98 Å². The van der Waals surface area contributed by atoms with Gasteiger partial charge in [0.2, 0.25) is 10.9 Å². The van der Waals surface area contributed by atoms with E-state index in [4.69, 9.17) is 0 Å². The SMILES string of the molecule is Cc1csc(NN=Cc2cc(OC(F)(F)F)cc([N+](=O)[O-])c2O)n1. The van der Waals surface area contributed by atoms with E-state index in [1.807, 2.05) is 0 Å². The number of hydrogen-bond acceptors (Lipinski definition) is 8. The number of hydrogen-bond donors (Lipinski definition) is 2. The zero-order valence-corrected chi connectivity index (χ0v) is 12.7. The molecule has 1 heterocycles. The maximum absolute atomic E-state index is 12.3. The lowest BCUT2D eigenvalue weighted by Gasteiger charge is -2.10. The summed E-state index contributed by atoms with van der Waals surface area (Å²) in [5.74, 6) is -1.69. The van der Waals surface area contributed by atoms with E-state index in [-0.39, 0.29) is 5.56 Å². The van der Waals surface area contributed by atoms with Crippen molar-refractivity contribution >= 4 is 28.4 Å². The first-order valence-electron chi connectivity index (χ1n) is 6.14. The third-order valence-electron chi connectivity index (χ3n) is 2.51. The number of anilines is 1. The van der Waals surface area contributed by atoms with E-state index in [1.54, 1.807) is 12.3 Å². The Morgan fingerprint density at radius 3 is 2.75 bits per heavy atom. The number of phenols is 1. The summed E-state index contributed by atoms with van der Waals surface area (Å²) in [4.78, 5) is 13.8. The number of benzene rings is 1. The van der Waals surface area contributed by atoms with E-state index in [0.29, 0.717) is 11.2 Å². The minimum Gasteiger partial charge on any atom is -0.502 e. The first-order valence-corrected chi connectivity index (χ1v) is 7.02. The molecule has 0 bridgehead atoms. The van der Waals surface area contributed by atoms with Gasteiger partial charge in [-0.1, -0.05) is 0 Å². The van der Waals surface area contributed by atoms with Crippen molar-refractivity contribution in [1.29, 1.82) is 0 Å². The normalized spacial score (nSPS) is 11.7. The van der Waals surface area contributed by atoms with E-state index >= 15 is 0 Å². The molecule has 0 saturated carbocycles. The second-order valence-electron chi connectivity index (χ2n) is 4.35. The first kappa shape index (κ1) is 17.5. The molecule has 1 aromatic heterocycles. The highest BCUT2D eigenvalue weighted by molar-refractivity contribution is 7.13. The molecule has 0 aliphatic carbocycles. The lowest BCUT2D eigenvalue weighted by Crippen LogP contribution is -2.17. The Morgan fingerprint density at radius 1 is 1.50 bits per heavy atom. The predicted molar refractivity (Wildman–Crippen MR) is 79.5 cm³/mol. The molecular weight excluding hydrogens is 353 g/mol. The minimum atomic E-state index is -5.03. The Balaban J connectivity index is 2.31. The number of alkyl halides is 3. The molecule has 0 radical (unpaired) electrons. The number of nitro groups is 1. The molecule has 0 atom stereocenters. The van der Waals surface area contributed by atoms with Gasteiger partial charge in [-0.05, 0) is 13.0 Å². The number of ether oxygens (including phenoxy) is 1. The zero-order valence-electron chi connectivity index (χ0n) is 11.9. The quantitative estimate of drug-likeness (QED) is 0.479. The van der Waals surface area contributed by atoms with E-state index in [2.05, 4.69) is 20.2 Å². The fourth-order valence-electron chi connectivity index (χ4n) is 1.61. The molecule has 12 heteroatoms. The van der Waals surface area contributed by atoms with Crippen LogP contribution in [0.5, 0.6) is 11.5 Å². The molecule has 1 aromatic carbocycles. The highest BCUT2D eigenvalue weighted by Crippen LogP contribution is 2.35. The predicted octanol–water partition coefficient (Wildman–Crippen LogP) is 3.41. The smallest absolute Gasteiger partial charge is 0.502 e. The molecule has 2 rings (SSSR count). The standard InChI is InChI=1S/C12H9F3N4O4S/c1-6-5-24-11(17-6)18-16-4-7-2-8(23-12(13,14)15)3-9(10(7)20)19(21)22/h2-5,20H,1H3,(H,17,18). The van der Waals surface area contributed by atoms with Gasteiger partial charge in [-0.3, -0.25) is 15.5 Å². The van der Waals surface area contributed by atoms with Crippen LogP contribution in [0.1, 0.15) is 11.3 Å². The second kappa shape index (κ2) is 6.70. The van der Waals surface area contributed by atoms with Crippen molar-refractivity contribution in [3.63, 3.8) is 0 Å². The molecule has 0 unspecified atom stereocenters. The lowest BCUT2D eigenvalue weighted by atomic mass is 10.1. The summed E-state index contributed by atoms with van der Waals surface area (Å²) < 4.78 is 40.5. The number of thiazole rings is 1. The number of phenolic OH excluding ortho intramolecular Hbond substituents is 1. The van der Waals surface area contributed by atoms with E-state index in [0.717, 1.165) is 18.0 Å². The molecule has 0 saturated heterocycles. The van der Waals surface area contributed by atoms with E-state index in [9.17, 15) is 28.4 Å². The third kappa shape index (κ3) is 4.55. The molecule has 8 nitrogen and oxygen atoms in total. The zero-order chi connectivity index (χ0) is 17.9. The molecule has 24 heavy (non-hydrogen) atoms. The molecule has 0 fully saturated rings. The summed E-state index contributed by atoms with van der Waals surface area (Å²) in [7, 11) is 0. The lowest BCUT2D eigenvalue weighted by molar-refractivity contribution is -0.386. The summed E-state index contributed by atoms with van der Waals surface area (Å²) in [6.07, 6.45) is -4.11. The topological polar surface area (TPSA) is 110 Å². The van der Waals surface area contributed by atoms with Crippen molar-refractivity contribution < 1.29 is 27.9 Å². The molecule has 0 spiro atoms. The number of nitro benzene ring substituents is 1. The number of halogens is 3. The molecular formula is C12H9F3N4O4S. The summed E-state index contributed by atoms with van der Waals surface area (Å²) >= 11 is 1.23. The molecule has 128 valence electrons. The van der Waals surface area contributed by atoms with Crippen LogP contribution in [0.15, 0.2) is 22.6 Å². The van der Waals surface area contributed by atoms with Gasteiger partial charge in [0.25, 0.3) is 0 Å². The van der Waals surface area contributed by atoms with E-state index < -0.39 is 28.5 Å². The van der Waals surface area contributed by atoms with Crippen molar-refractivity contribution in [2.45, 2.75) is 13.3 Å². The van der Waals surface area contributed by atoms with Crippen molar-refractivity contribution in [2.24, 2.45) is 5.10 Å². The summed E-state index contributed by atoms with van der Waals surface area (Å²) in [5, 5.41) is 26.4. The van der Waals surface area contributed by atoms with Gasteiger partial charge in [-0.15, -0.1) is 24.5 Å². The maximum atomic E-state index is 12.3. The molecule has 2 N–H and O–H groups in total. The number of rotatable bonds is 5. The van der Waals surface area contributed by atoms with Crippen LogP contribution in [0.3, 0.4) is 0 Å². The van der Waals surface area contributed by atoms with Gasteiger partial charge in [0.05, 0.1) is 22.9 Å². The molecule has 0 aliphatic rings. The third-order valence-corrected chi connectivity index (χ3v) is 3.37. The number of nitrogens with one attached hydrogen (secondary N) is 1. The molecule has 2 aromatic rings. The molecule has 0 aliphatic heterocycles. The highest BCUT2D eigenvalue weighted by atomic mass is 32.1. The number of aromatic hydroxyl groups is 1. The van der Waals surface area contributed by atoms with E-state index in [1.165, 1.54) is 11.3 Å². The van der Waals surface area contributed by atoms with Crippen LogP contribution >= 0.6 is 11.3 Å². The minimum absolute atomic E-state index is 0.329. The fraction of sp³-hybridized carbons (Fsp3) is 0.167. The van der Waals surface area contributed by atoms with Crippen LogP contribution < -0.4 is 10.2 Å². The van der Waals surface area contributed by atoms with Gasteiger partial charge in [-0.2, -0.15) is 5.10 Å². The number of hydrazone groups is 1. The molecule has 0 amide bonds. The summed E-state index contributed by atoms with van der Waals surface area (Å²) in [6, 6.07) is 1.24. The number of nitrogens with zero attached hydrogens (tertiary/aromatic N) is 3. The highest BCUT2D eigenvalue weighted by Gasteiger charge is 2.32. The maximum Gasteiger partial charge on any atom is 0.573 e. The number of aromatic nitrogens is 1. The van der Waals surface area contributed by atoms with Crippen LogP contribution in [0, 0.1) is 17.0 Å². The Labute approximate surface area is 136 Å². The second-order valence-corrected chi connectivity index (χ2v) is 5.21. The van der Waals surface area contributed by atoms with Crippen LogP contribution in [-0.4, -0.2) is 27.6 Å². The fourth-order valence-corrected chi connectivity index (χ4v) is 2.24. The van der Waals surface area contributed by atoms with Gasteiger partial charge in [0, 0.05) is 10.9 Å². The number of aryl methyl sites for hydroxylation is 1. The van der Waals surface area contributed by atoms with Gasteiger partial charge >= 0.3 is 12.0 Å². The first-order chi connectivity index (χ1) is 11.2. The van der Waals surface area contributed by atoms with Crippen molar-refractivity contribution in [3.05, 3.63) is 38.9 Å². The van der Waals surface area contributed by atoms with Gasteiger partial charge in [0.1, 0.15) is 5.75 Å². The monoisotopic (exact) mass is 362 g/mol. The Morgan fingerprint density at radius 2 is 2.21 bits per heavy atom. The summed E-state index contributed by atoms with van der Waals surface area (Å²) in [5.41, 5.74) is 1.95. The van der Waals surface area contributed by atoms with Crippen LogP contribution in [0.4, 0.5) is 24.0 Å². The van der Waals surface area contributed by atoms with Crippen molar-refractivity contribution in [3.8, 4) is 11.5 Å². The summed E-state index contributed by atoms with van der Waals surface area (Å²) in [6.45, 7) is 1.75. The van der Waals surface area contributed by atoms with Gasteiger partial charge < -0.3 is 9.84 Å². The van der Waals surface area contributed by atoms with Crippen LogP contribution in [0.25, 0.3) is 0 Å². The average Bonchev–Trinajstić information content (AvgIpc) is 2.85.